The Balaban J connectivity index is -0.000000605. The van der Waals surface area contributed by atoms with E-state index in [1.807, 2.05) is 0 Å². The van der Waals surface area contributed by atoms with Gasteiger partial charge in [-0.05, 0) is 0 Å². The fraction of sp³-hybridized carbons (Fsp3) is 0. The van der Waals surface area contributed by atoms with Crippen molar-refractivity contribution < 1.29 is 129 Å². The third-order valence-corrected chi connectivity index (χ3v) is 11.2. The molecule has 0 saturated heterocycles. The Morgan fingerprint density at radius 3 is 1.07 bits per heavy atom. The van der Waals surface area contributed by atoms with Gasteiger partial charge in [0, 0.05) is 39.3 Å². The van der Waals surface area contributed by atoms with Gasteiger partial charge < -0.3 is 9.11 Å². The van der Waals surface area contributed by atoms with E-state index >= 15 is 0 Å². The summed E-state index contributed by atoms with van der Waals surface area (Å²) in [6.07, 6.45) is 0. The van der Waals surface area contributed by atoms with Gasteiger partial charge in [-0.25, -0.2) is 16.8 Å². The molecule has 14 heteroatoms. The van der Waals surface area contributed by atoms with Gasteiger partial charge in [-0.1, -0.05) is 0 Å². The van der Waals surface area contributed by atoms with Crippen molar-refractivity contribution in [1.82, 2.24) is 0 Å². The molecule has 0 aromatic rings. The molecule has 6 nitrogen and oxygen atoms in total. The summed E-state index contributed by atoms with van der Waals surface area (Å²) in [6.45, 7) is 0. The maximum atomic E-state index is 9.89. The second kappa shape index (κ2) is 11.3. The molecule has 14 heavy (non-hydrogen) atoms. The van der Waals surface area contributed by atoms with Gasteiger partial charge in [0.15, 0.2) is 18.3 Å². The quantitative estimate of drug-likeness (QED) is 0.202. The van der Waals surface area contributed by atoms with Crippen LogP contribution in [0.3, 0.4) is 0 Å². The van der Waals surface area contributed by atoms with Crippen molar-refractivity contribution in [2.24, 2.45) is 0 Å². The zero-order valence-corrected chi connectivity index (χ0v) is 18.0. The first-order chi connectivity index (χ1) is 5.21. The molecule has 0 aliphatic carbocycles. The average molecular weight is 367 g/mol. The van der Waals surface area contributed by atoms with Gasteiger partial charge in [0.05, 0.1) is 0 Å². The smallest absolute Gasteiger partial charge is 0.739 e. The maximum Gasteiger partial charge on any atom is 1.00 e. The van der Waals surface area contributed by atoms with Gasteiger partial charge >= 0.3 is 103 Å². The molecular formula is K2O6S6. The Bertz CT molecular complexity index is 280. The summed E-state index contributed by atoms with van der Waals surface area (Å²) in [5.41, 5.74) is 0. The topological polar surface area (TPSA) is 114 Å². The molecule has 0 heterocycles. The Morgan fingerprint density at radius 1 is 0.714 bits per heavy atom. The van der Waals surface area contributed by atoms with Crippen LogP contribution < -0.4 is 103 Å². The standard InChI is InChI=1S/2K.H2O6S6/c;;1-11(2,3)9-7-8-10-12(4,5)6/h;;(H,1,2,3)(H,4,5,6)/q2*+1;/p-2. The van der Waals surface area contributed by atoms with Crippen molar-refractivity contribution in [1.29, 1.82) is 0 Å². The number of hydrogen-bond acceptors (Lipinski definition) is 10. The van der Waals surface area contributed by atoms with Gasteiger partial charge in [0.25, 0.3) is 0 Å². The van der Waals surface area contributed by atoms with Crippen LogP contribution in [0.1, 0.15) is 0 Å². The minimum atomic E-state index is -4.44. The summed E-state index contributed by atoms with van der Waals surface area (Å²) in [7, 11) is -8.19. The fourth-order valence-corrected chi connectivity index (χ4v) is 11.0. The molecule has 0 saturated carbocycles. The molecule has 0 radical (unpaired) electrons. The van der Waals surface area contributed by atoms with E-state index in [0.717, 1.165) is 0 Å². The van der Waals surface area contributed by atoms with E-state index in [-0.39, 0.29) is 122 Å². The summed E-state index contributed by atoms with van der Waals surface area (Å²) in [5.74, 6) is 0. The minimum absolute atomic E-state index is 0. The van der Waals surface area contributed by atoms with Crippen LogP contribution in [-0.2, 0) is 18.3 Å². The Morgan fingerprint density at radius 2 is 0.929 bits per heavy atom. The van der Waals surface area contributed by atoms with E-state index in [2.05, 4.69) is 0 Å². The minimum Gasteiger partial charge on any atom is -0.739 e. The molecule has 0 spiro atoms. The van der Waals surface area contributed by atoms with Crippen molar-refractivity contribution in [3.05, 3.63) is 0 Å². The molecular weight excluding hydrogens is 367 g/mol. The predicted molar refractivity (Wildman–Crippen MR) is 49.8 cm³/mol. The second-order valence-corrected chi connectivity index (χ2v) is 12.2. The summed E-state index contributed by atoms with van der Waals surface area (Å²) < 4.78 is 59.4. The van der Waals surface area contributed by atoms with Crippen molar-refractivity contribution in [2.45, 2.75) is 0 Å². The Hall–Kier alpha value is 4.49. The van der Waals surface area contributed by atoms with Crippen LogP contribution in [0.25, 0.3) is 0 Å². The van der Waals surface area contributed by atoms with E-state index in [0.29, 0.717) is 19.7 Å². The summed E-state index contributed by atoms with van der Waals surface area (Å²) >= 11 is 0. The van der Waals surface area contributed by atoms with Gasteiger partial charge in [0.2, 0.25) is 0 Å². The summed E-state index contributed by atoms with van der Waals surface area (Å²) in [5, 5.41) is 0. The molecule has 0 N–H and O–H groups in total. The molecule has 0 amide bonds. The number of rotatable bonds is 5. The van der Waals surface area contributed by atoms with E-state index in [1.165, 1.54) is 0 Å². The molecule has 0 atom stereocenters. The monoisotopic (exact) mass is 366 g/mol. The molecule has 0 rings (SSSR count). The first kappa shape index (κ1) is 23.6. The Labute approximate surface area is 181 Å². The van der Waals surface area contributed by atoms with Gasteiger partial charge in [0.1, 0.15) is 0 Å². The largest absolute Gasteiger partial charge is 1.00 e. The van der Waals surface area contributed by atoms with E-state index in [1.54, 1.807) is 0 Å². The molecule has 74 valence electrons. The van der Waals surface area contributed by atoms with Gasteiger partial charge in [-0.2, -0.15) is 0 Å². The normalized spacial score (nSPS) is 11.3. The molecule has 0 aromatic carbocycles. The van der Waals surface area contributed by atoms with Crippen molar-refractivity contribution in [2.75, 3.05) is 0 Å². The SMILES string of the molecule is O=S(=O)([O-])SSSSS(=O)(=O)[O-].[K+].[K+]. The third kappa shape index (κ3) is 21.7. The van der Waals surface area contributed by atoms with Crippen molar-refractivity contribution in [3.8, 4) is 0 Å². The molecule has 0 aromatic heterocycles. The van der Waals surface area contributed by atoms with E-state index < -0.39 is 18.3 Å². The predicted octanol–water partition coefficient (Wildman–Crippen LogP) is -5.41. The van der Waals surface area contributed by atoms with Crippen LogP contribution in [0.2, 0.25) is 0 Å². The molecule has 0 bridgehead atoms. The van der Waals surface area contributed by atoms with Crippen LogP contribution in [0.5, 0.6) is 0 Å². The van der Waals surface area contributed by atoms with Crippen molar-refractivity contribution in [3.63, 3.8) is 0 Å². The molecule has 0 aliphatic heterocycles. The van der Waals surface area contributed by atoms with Gasteiger partial charge in [-0.3, -0.25) is 0 Å². The first-order valence-corrected chi connectivity index (χ1v) is 10.5. The number of hydrogen-bond donors (Lipinski definition) is 0. The maximum absolute atomic E-state index is 9.89. The molecule has 0 unspecified atom stereocenters. The van der Waals surface area contributed by atoms with Crippen LogP contribution in [-0.4, -0.2) is 25.9 Å². The second-order valence-electron chi connectivity index (χ2n) is 1.09. The molecule has 0 aliphatic rings. The van der Waals surface area contributed by atoms with Crippen LogP contribution in [0.4, 0.5) is 0 Å². The van der Waals surface area contributed by atoms with Crippen LogP contribution in [0, 0.1) is 0 Å². The zero-order valence-electron chi connectivity index (χ0n) is 6.90. The zero-order chi connectivity index (χ0) is 9.83. The Kier molecular flexibility index (Phi) is 19.1. The van der Waals surface area contributed by atoms with E-state index in [9.17, 15) is 25.9 Å². The van der Waals surface area contributed by atoms with Crippen LogP contribution in [0.15, 0.2) is 0 Å². The molecule has 0 fully saturated rings. The third-order valence-electron chi connectivity index (χ3n) is 0.250. The van der Waals surface area contributed by atoms with Crippen LogP contribution >= 0.6 is 39.3 Å². The van der Waals surface area contributed by atoms with Gasteiger partial charge in [-0.15, -0.1) is 0 Å². The van der Waals surface area contributed by atoms with Crippen molar-refractivity contribution >= 4 is 57.6 Å². The fourth-order valence-electron chi connectivity index (χ4n) is 0.0907. The summed E-state index contributed by atoms with van der Waals surface area (Å²) in [6, 6.07) is 0. The average Bonchev–Trinajstić information content (AvgIpc) is 1.76. The van der Waals surface area contributed by atoms with E-state index in [4.69, 9.17) is 0 Å². The summed E-state index contributed by atoms with van der Waals surface area (Å²) in [4.78, 5) is 0. The first-order valence-electron chi connectivity index (χ1n) is 1.83.